The van der Waals surface area contributed by atoms with Gasteiger partial charge >= 0.3 is 11.9 Å². The number of rotatable bonds is 9. The summed E-state index contributed by atoms with van der Waals surface area (Å²) in [7, 11) is 0. The number of fused-ring (bicyclic) bond motifs is 9. The molecule has 0 spiro atoms. The fourth-order valence-electron chi connectivity index (χ4n) is 12.9. The standard InChI is InChI=1S/C23H17Cl2FN2O2.C23H18ClFN2O3.C23H19FN2O3/c24-21-15-11-16-20(14(15)5-6-19(21)28-7-9-30-10-8-28)17(12-27-22(16)23(25)29)13-3-1-2-4-18(13)26;24-21-15-11-16-20(14(15)5-6-19(21)27-7-9-30-10-8-27)17(12-26-22(16)23(28)29)13-3-1-2-4-18(13)25;24-20-4-2-1-3-17(20)19-13-25-22(23(27)28)18-12-14-11-15(5-6-16(14)21(18)19)26-7-9-29-10-8-26/h1-6,12H,7-11H2;1-6,12H,7-11H2,(H,28,29);1-6,11,13H,7-10,12H2,(H,27,28). The van der Waals surface area contributed by atoms with Crippen molar-refractivity contribution in [3.8, 4) is 66.8 Å². The highest BCUT2D eigenvalue weighted by Crippen LogP contribution is 2.51. The van der Waals surface area contributed by atoms with Gasteiger partial charge in [0.2, 0.25) is 0 Å². The number of carbonyl (C=O) groups excluding carboxylic acids is 1. The molecule has 6 aliphatic rings. The summed E-state index contributed by atoms with van der Waals surface area (Å²) in [6, 6.07) is 33.5. The maximum absolute atomic E-state index is 14.6. The highest BCUT2D eigenvalue weighted by Gasteiger charge is 2.35. The summed E-state index contributed by atoms with van der Waals surface area (Å²) < 4.78 is 60.0. The summed E-state index contributed by atoms with van der Waals surface area (Å²) in [5.74, 6) is -3.26. The average Bonchev–Trinajstić information content (AvgIpc) is 1.69. The second-order valence-electron chi connectivity index (χ2n) is 22.0. The molecule has 450 valence electrons. The second-order valence-corrected chi connectivity index (χ2v) is 23.1. The van der Waals surface area contributed by atoms with Crippen molar-refractivity contribution in [1.82, 2.24) is 15.0 Å². The van der Waals surface area contributed by atoms with Gasteiger partial charge in [-0.3, -0.25) is 9.78 Å². The maximum atomic E-state index is 14.6. The number of carboxylic acid groups (broad SMARTS) is 2. The Balaban J connectivity index is 0.000000123. The lowest BCUT2D eigenvalue weighted by atomic mass is 9.94. The van der Waals surface area contributed by atoms with Crippen LogP contribution in [0, 0.1) is 17.5 Å². The third-order valence-electron chi connectivity index (χ3n) is 17.1. The van der Waals surface area contributed by atoms with E-state index in [-0.39, 0.29) is 34.5 Å². The van der Waals surface area contributed by atoms with Gasteiger partial charge in [-0.25, -0.2) is 32.7 Å². The first kappa shape index (κ1) is 59.3. The summed E-state index contributed by atoms with van der Waals surface area (Å²) in [5.41, 5.74) is 15.8. The maximum Gasteiger partial charge on any atom is 0.354 e. The Bertz CT molecular complexity index is 4160. The van der Waals surface area contributed by atoms with Crippen LogP contribution in [-0.4, -0.2) is 121 Å². The van der Waals surface area contributed by atoms with Gasteiger partial charge in [0.15, 0.2) is 11.4 Å². The monoisotopic (exact) mass is 1260 g/mol. The van der Waals surface area contributed by atoms with E-state index in [1.807, 2.05) is 36.4 Å². The summed E-state index contributed by atoms with van der Waals surface area (Å²) >= 11 is 19.5. The Kier molecular flexibility index (Phi) is 16.7. The van der Waals surface area contributed by atoms with Crippen molar-refractivity contribution in [3.05, 3.63) is 212 Å². The summed E-state index contributed by atoms with van der Waals surface area (Å²) in [5, 5.41) is 19.9. The van der Waals surface area contributed by atoms with Gasteiger partial charge in [-0.2, -0.15) is 0 Å². The number of ether oxygens (including phenoxy) is 3. The molecule has 15 rings (SSSR count). The largest absolute Gasteiger partial charge is 0.477 e. The third-order valence-corrected chi connectivity index (χ3v) is 18.1. The number of anilines is 3. The van der Waals surface area contributed by atoms with Crippen molar-refractivity contribution in [1.29, 1.82) is 0 Å². The Morgan fingerprint density at radius 3 is 1.18 bits per heavy atom. The number of aromatic carboxylic acids is 2. The van der Waals surface area contributed by atoms with E-state index in [2.05, 4.69) is 35.7 Å². The van der Waals surface area contributed by atoms with Crippen LogP contribution >= 0.6 is 34.8 Å². The van der Waals surface area contributed by atoms with Gasteiger partial charge in [0.25, 0.3) is 5.24 Å². The number of halogens is 6. The van der Waals surface area contributed by atoms with Crippen LogP contribution in [0.3, 0.4) is 0 Å². The molecule has 14 nitrogen and oxygen atoms in total. The second kappa shape index (κ2) is 25.1. The molecule has 20 heteroatoms. The molecule has 3 saturated heterocycles. The summed E-state index contributed by atoms with van der Waals surface area (Å²) in [6.07, 6.45) is 5.68. The first-order valence-electron chi connectivity index (χ1n) is 29.0. The van der Waals surface area contributed by atoms with Crippen LogP contribution in [0.15, 0.2) is 134 Å². The number of pyridine rings is 3. The van der Waals surface area contributed by atoms with E-state index in [1.54, 1.807) is 54.6 Å². The van der Waals surface area contributed by atoms with Crippen molar-refractivity contribution in [2.45, 2.75) is 19.3 Å². The van der Waals surface area contributed by atoms with Crippen LogP contribution in [0.2, 0.25) is 10.0 Å². The molecule has 2 N–H and O–H groups in total. The van der Waals surface area contributed by atoms with Gasteiger partial charge in [-0.05, 0) is 121 Å². The fraction of sp³-hybridized carbons (Fsp3) is 0.217. The van der Waals surface area contributed by atoms with Crippen molar-refractivity contribution in [2.24, 2.45) is 0 Å². The predicted octanol–water partition coefficient (Wildman–Crippen LogP) is 14.0. The fourth-order valence-corrected chi connectivity index (χ4v) is 13.8. The normalized spacial score (nSPS) is 15.1. The topological polar surface area (TPSA) is 168 Å². The van der Waals surface area contributed by atoms with Gasteiger partial charge in [0.1, 0.15) is 23.1 Å². The van der Waals surface area contributed by atoms with Gasteiger partial charge in [0.05, 0.1) is 61.1 Å². The van der Waals surface area contributed by atoms with E-state index >= 15 is 0 Å². The average molecular weight is 1260 g/mol. The Morgan fingerprint density at radius 2 is 0.775 bits per heavy atom. The van der Waals surface area contributed by atoms with Gasteiger partial charge in [-0.15, -0.1) is 0 Å². The molecule has 0 amide bonds. The number of hydrogen-bond donors (Lipinski definition) is 2. The smallest absolute Gasteiger partial charge is 0.354 e. The lowest BCUT2D eigenvalue weighted by Crippen LogP contribution is -2.36. The van der Waals surface area contributed by atoms with E-state index in [1.165, 1.54) is 36.8 Å². The molecule has 3 aliphatic carbocycles. The quantitative estimate of drug-likeness (QED) is 0.131. The van der Waals surface area contributed by atoms with Crippen LogP contribution in [0.25, 0.3) is 66.8 Å². The molecular formula is C69H54Cl3F3N6O8. The number of nitrogens with zero attached hydrogens (tertiary/aromatic N) is 6. The molecule has 0 unspecified atom stereocenters. The van der Waals surface area contributed by atoms with Crippen molar-refractivity contribution < 1.29 is 52.0 Å². The van der Waals surface area contributed by atoms with Crippen molar-refractivity contribution >= 4 is 69.0 Å². The van der Waals surface area contributed by atoms with Gasteiger partial charge in [-0.1, -0.05) is 96.0 Å². The van der Waals surface area contributed by atoms with E-state index in [9.17, 15) is 37.8 Å². The van der Waals surface area contributed by atoms with Crippen LogP contribution < -0.4 is 14.7 Å². The number of carbonyl (C=O) groups is 3. The Hall–Kier alpha value is -8.68. The first-order chi connectivity index (χ1) is 43.2. The minimum Gasteiger partial charge on any atom is -0.477 e. The number of morpholine rings is 3. The van der Waals surface area contributed by atoms with E-state index in [0.29, 0.717) is 125 Å². The molecular weight excluding hydrogens is 1200 g/mol. The minimum atomic E-state index is -1.11. The molecule has 0 bridgehead atoms. The molecule has 0 atom stereocenters. The molecule has 6 aromatic carbocycles. The van der Waals surface area contributed by atoms with E-state index in [4.69, 9.17) is 49.0 Å². The molecule has 0 radical (unpaired) electrons. The lowest BCUT2D eigenvalue weighted by molar-refractivity contribution is 0.0678. The number of hydrogen-bond acceptors (Lipinski definition) is 12. The van der Waals surface area contributed by atoms with Gasteiger partial charge < -0.3 is 39.1 Å². The number of carboxylic acids is 2. The molecule has 6 heterocycles. The van der Waals surface area contributed by atoms with Crippen LogP contribution in [0.1, 0.15) is 64.8 Å². The van der Waals surface area contributed by atoms with Crippen molar-refractivity contribution in [3.63, 3.8) is 0 Å². The molecule has 0 saturated carbocycles. The van der Waals surface area contributed by atoms with Crippen LogP contribution in [0.4, 0.5) is 30.2 Å². The summed E-state index contributed by atoms with van der Waals surface area (Å²) in [6.45, 7) is 8.64. The zero-order chi connectivity index (χ0) is 61.6. The third kappa shape index (κ3) is 11.1. The number of aromatic nitrogens is 3. The highest BCUT2D eigenvalue weighted by atomic mass is 35.5. The molecule has 3 aromatic heterocycles. The van der Waals surface area contributed by atoms with Crippen LogP contribution in [-0.2, 0) is 33.5 Å². The lowest BCUT2D eigenvalue weighted by Gasteiger charge is -2.30. The molecule has 89 heavy (non-hydrogen) atoms. The minimum absolute atomic E-state index is 0.0229. The predicted molar refractivity (Wildman–Crippen MR) is 337 cm³/mol. The summed E-state index contributed by atoms with van der Waals surface area (Å²) in [4.78, 5) is 54.9. The first-order valence-corrected chi connectivity index (χ1v) is 30.1. The zero-order valence-electron chi connectivity index (χ0n) is 47.6. The Labute approximate surface area is 524 Å². The molecule has 3 fully saturated rings. The SMILES string of the molecule is O=C(Cl)c1ncc(-c2ccccc2F)c2c1Cc1c-2ccc(N2CCOCC2)c1Cl.O=C(O)c1ncc(-c2ccccc2F)c2c1Cc1c-2ccc(N2CCOCC2)c1Cl.O=C(O)c1ncc(-c2ccccc2F)c2c1Cc1cc(N3CCOCC3)ccc1-2. The van der Waals surface area contributed by atoms with E-state index < -0.39 is 17.2 Å². The number of benzene rings is 6. The van der Waals surface area contributed by atoms with Crippen molar-refractivity contribution in [2.75, 3.05) is 93.6 Å². The van der Waals surface area contributed by atoms with Gasteiger partial charge in [0, 0.05) is 116 Å². The zero-order valence-corrected chi connectivity index (χ0v) is 49.9. The van der Waals surface area contributed by atoms with Crippen LogP contribution in [0.5, 0.6) is 0 Å². The van der Waals surface area contributed by atoms with E-state index in [0.717, 1.165) is 101 Å². The highest BCUT2D eigenvalue weighted by molar-refractivity contribution is 6.67. The molecule has 9 aromatic rings. The Morgan fingerprint density at radius 1 is 0.416 bits per heavy atom. The molecule has 3 aliphatic heterocycles.